The van der Waals surface area contributed by atoms with Crippen molar-refractivity contribution in [1.29, 1.82) is 0 Å². The van der Waals surface area contributed by atoms with E-state index in [1.165, 1.54) is 23.5 Å². The molecule has 2 aromatic heterocycles. The van der Waals surface area contributed by atoms with Crippen LogP contribution in [0.1, 0.15) is 16.1 Å². The van der Waals surface area contributed by atoms with E-state index in [0.29, 0.717) is 18.8 Å². The lowest BCUT2D eigenvalue weighted by Gasteiger charge is -2.11. The van der Waals surface area contributed by atoms with E-state index >= 15 is 0 Å². The molecule has 0 radical (unpaired) electrons. The molecule has 3 rings (SSSR count). The van der Waals surface area contributed by atoms with Gasteiger partial charge in [-0.2, -0.15) is 0 Å². The zero-order valence-corrected chi connectivity index (χ0v) is 15.5. The first-order valence-corrected chi connectivity index (χ1v) is 9.07. The molecule has 2 heterocycles. The van der Waals surface area contributed by atoms with Crippen molar-refractivity contribution >= 4 is 49.1 Å². The Labute approximate surface area is 156 Å². The average molecular weight is 420 g/mol. The second-order valence-corrected chi connectivity index (χ2v) is 7.10. The minimum atomic E-state index is -0.424. The second kappa shape index (κ2) is 7.20. The molecule has 1 aromatic carbocycles. The highest BCUT2D eigenvalue weighted by Gasteiger charge is 2.19. The number of benzene rings is 1. The predicted molar refractivity (Wildman–Crippen MR) is 102 cm³/mol. The molecule has 0 aliphatic carbocycles. The number of carbonyl (C=O) groups excluding carboxylic acids is 1. The Morgan fingerprint density at radius 3 is 2.96 bits per heavy atom. The van der Waals surface area contributed by atoms with Gasteiger partial charge in [-0.25, -0.2) is 0 Å². The van der Waals surface area contributed by atoms with Crippen LogP contribution in [-0.2, 0) is 6.54 Å². The molecule has 0 aliphatic rings. The molecule has 1 amide bonds. The Morgan fingerprint density at radius 2 is 2.24 bits per heavy atom. The summed E-state index contributed by atoms with van der Waals surface area (Å²) in [6, 6.07) is 8.27. The number of aromatic nitrogens is 1. The first kappa shape index (κ1) is 17.4. The maximum atomic E-state index is 12.5. The van der Waals surface area contributed by atoms with Gasteiger partial charge in [-0.05, 0) is 27.6 Å². The van der Waals surface area contributed by atoms with Gasteiger partial charge < -0.3 is 9.88 Å². The van der Waals surface area contributed by atoms with Crippen LogP contribution in [0.2, 0.25) is 0 Å². The normalized spacial score (nSPS) is 10.8. The molecule has 1 N–H and O–H groups in total. The summed E-state index contributed by atoms with van der Waals surface area (Å²) in [5, 5.41) is 15.7. The summed E-state index contributed by atoms with van der Waals surface area (Å²) in [4.78, 5) is 23.0. The third kappa shape index (κ3) is 3.49. The largest absolute Gasteiger partial charge is 0.347 e. The number of hydrogen-bond donors (Lipinski definition) is 1. The molecule has 0 atom stereocenters. The fraction of sp³-hybridized carbons (Fsp3) is 0.118. The van der Waals surface area contributed by atoms with Crippen LogP contribution in [-0.4, -0.2) is 21.9 Å². The summed E-state index contributed by atoms with van der Waals surface area (Å²) < 4.78 is 3.73. The van der Waals surface area contributed by atoms with Gasteiger partial charge in [0, 0.05) is 30.6 Å². The maximum absolute atomic E-state index is 12.5. The second-order valence-electron chi connectivity index (χ2n) is 5.34. The minimum absolute atomic E-state index is 0.0305. The lowest BCUT2D eigenvalue weighted by Crippen LogP contribution is -2.26. The highest BCUT2D eigenvalue weighted by Crippen LogP contribution is 2.34. The molecule has 0 bridgehead atoms. The van der Waals surface area contributed by atoms with Crippen LogP contribution < -0.4 is 5.32 Å². The predicted octanol–water partition coefficient (Wildman–Crippen LogP) is 4.34. The van der Waals surface area contributed by atoms with E-state index in [-0.39, 0.29) is 11.6 Å². The summed E-state index contributed by atoms with van der Waals surface area (Å²) in [7, 11) is 0. The molecule has 0 saturated heterocycles. The standard InChI is InChI=1S/C17H14BrN3O3S/c1-2-6-19-17(22)14-8-15-16(13(18)10-25-15)20(14)9-11-4-3-5-12(7-11)21(23)24/h2-5,7-8,10H,1,6,9H2,(H,19,22). The number of rotatable bonds is 6. The van der Waals surface area contributed by atoms with E-state index < -0.39 is 4.92 Å². The lowest BCUT2D eigenvalue weighted by molar-refractivity contribution is -0.384. The fourth-order valence-electron chi connectivity index (χ4n) is 2.59. The molecule has 8 heteroatoms. The van der Waals surface area contributed by atoms with E-state index in [1.807, 2.05) is 22.1 Å². The van der Waals surface area contributed by atoms with Gasteiger partial charge >= 0.3 is 0 Å². The zero-order valence-electron chi connectivity index (χ0n) is 13.1. The Hall–Kier alpha value is -2.45. The quantitative estimate of drug-likeness (QED) is 0.366. The number of fused-ring (bicyclic) bond motifs is 1. The molecule has 0 aliphatic heterocycles. The number of hydrogen-bond acceptors (Lipinski definition) is 4. The van der Waals surface area contributed by atoms with Crippen LogP contribution >= 0.6 is 27.3 Å². The average Bonchev–Trinajstić information content (AvgIpc) is 3.13. The van der Waals surface area contributed by atoms with Crippen molar-refractivity contribution < 1.29 is 9.72 Å². The summed E-state index contributed by atoms with van der Waals surface area (Å²) in [5.41, 5.74) is 2.20. The molecule has 128 valence electrons. The zero-order chi connectivity index (χ0) is 18.0. The Kier molecular flexibility index (Phi) is 5.00. The first-order chi connectivity index (χ1) is 12.0. The number of carbonyl (C=O) groups is 1. The van der Waals surface area contributed by atoms with E-state index in [9.17, 15) is 14.9 Å². The van der Waals surface area contributed by atoms with Gasteiger partial charge in [0.1, 0.15) is 5.69 Å². The highest BCUT2D eigenvalue weighted by atomic mass is 79.9. The first-order valence-electron chi connectivity index (χ1n) is 7.40. The lowest BCUT2D eigenvalue weighted by atomic mass is 10.2. The van der Waals surface area contributed by atoms with E-state index in [4.69, 9.17) is 0 Å². The topological polar surface area (TPSA) is 77.2 Å². The van der Waals surface area contributed by atoms with Crippen LogP contribution in [0.4, 0.5) is 5.69 Å². The molecule has 0 spiro atoms. The summed E-state index contributed by atoms with van der Waals surface area (Å²) in [5.74, 6) is -0.208. The van der Waals surface area contributed by atoms with Gasteiger partial charge in [0.15, 0.2) is 0 Å². The highest BCUT2D eigenvalue weighted by molar-refractivity contribution is 9.10. The van der Waals surface area contributed by atoms with Crippen molar-refractivity contribution in [2.45, 2.75) is 6.54 Å². The molecule has 0 unspecified atom stereocenters. The van der Waals surface area contributed by atoms with Crippen molar-refractivity contribution in [3.63, 3.8) is 0 Å². The number of nitro benzene ring substituents is 1. The number of nitrogens with zero attached hydrogens (tertiary/aromatic N) is 2. The number of nitrogens with one attached hydrogen (secondary N) is 1. The fourth-order valence-corrected chi connectivity index (χ4v) is 4.28. The van der Waals surface area contributed by atoms with Crippen LogP contribution in [0, 0.1) is 10.1 Å². The van der Waals surface area contributed by atoms with E-state index in [1.54, 1.807) is 12.1 Å². The van der Waals surface area contributed by atoms with Crippen molar-refractivity contribution in [1.82, 2.24) is 9.88 Å². The Morgan fingerprint density at radius 1 is 1.44 bits per heavy atom. The van der Waals surface area contributed by atoms with Crippen molar-refractivity contribution in [2.24, 2.45) is 0 Å². The SMILES string of the molecule is C=CCNC(=O)c1cc2scc(Br)c2n1Cc1cccc([N+](=O)[O-])c1. The third-order valence-electron chi connectivity index (χ3n) is 3.68. The molecular formula is C17H14BrN3O3S. The molecule has 25 heavy (non-hydrogen) atoms. The number of thiophene rings is 1. The van der Waals surface area contributed by atoms with E-state index in [0.717, 1.165) is 20.3 Å². The van der Waals surface area contributed by atoms with Crippen LogP contribution in [0.3, 0.4) is 0 Å². The Bertz CT molecular complexity index is 977. The van der Waals surface area contributed by atoms with Gasteiger partial charge in [-0.1, -0.05) is 18.2 Å². The molecule has 3 aromatic rings. The van der Waals surface area contributed by atoms with Crippen molar-refractivity contribution in [3.8, 4) is 0 Å². The molecule has 0 fully saturated rings. The van der Waals surface area contributed by atoms with E-state index in [2.05, 4.69) is 27.8 Å². The molecule has 0 saturated carbocycles. The summed E-state index contributed by atoms with van der Waals surface area (Å²) in [6.07, 6.45) is 1.62. The van der Waals surface area contributed by atoms with Gasteiger partial charge in [-0.3, -0.25) is 14.9 Å². The van der Waals surface area contributed by atoms with Gasteiger partial charge in [0.25, 0.3) is 11.6 Å². The van der Waals surface area contributed by atoms with Crippen molar-refractivity contribution in [2.75, 3.05) is 6.54 Å². The van der Waals surface area contributed by atoms with Gasteiger partial charge in [-0.15, -0.1) is 17.9 Å². The smallest absolute Gasteiger partial charge is 0.269 e. The van der Waals surface area contributed by atoms with Crippen LogP contribution in [0.25, 0.3) is 10.2 Å². The molecule has 6 nitrogen and oxygen atoms in total. The minimum Gasteiger partial charge on any atom is -0.347 e. The monoisotopic (exact) mass is 419 g/mol. The number of amides is 1. The summed E-state index contributed by atoms with van der Waals surface area (Å²) in [6.45, 7) is 4.33. The van der Waals surface area contributed by atoms with Crippen LogP contribution in [0.5, 0.6) is 0 Å². The van der Waals surface area contributed by atoms with Gasteiger partial charge in [0.05, 0.1) is 19.6 Å². The van der Waals surface area contributed by atoms with Crippen LogP contribution in [0.15, 0.2) is 52.8 Å². The number of nitro groups is 1. The molecular weight excluding hydrogens is 406 g/mol. The maximum Gasteiger partial charge on any atom is 0.269 e. The Balaban J connectivity index is 2.05. The number of non-ortho nitro benzene ring substituents is 1. The summed E-state index contributed by atoms with van der Waals surface area (Å²) >= 11 is 5.05. The third-order valence-corrected chi connectivity index (χ3v) is 5.51. The number of halogens is 1. The van der Waals surface area contributed by atoms with Gasteiger partial charge in [0.2, 0.25) is 0 Å². The van der Waals surface area contributed by atoms with Crippen molar-refractivity contribution in [3.05, 3.63) is 74.2 Å².